The lowest BCUT2D eigenvalue weighted by molar-refractivity contribution is -0.384. The van der Waals surface area contributed by atoms with E-state index in [1.54, 1.807) is 12.1 Å². The summed E-state index contributed by atoms with van der Waals surface area (Å²) < 4.78 is 5.98. The maximum Gasteiger partial charge on any atom is 0.269 e. The molecule has 0 unspecified atom stereocenters. The van der Waals surface area contributed by atoms with Crippen molar-refractivity contribution < 1.29 is 9.34 Å². The Morgan fingerprint density at radius 2 is 1.93 bits per heavy atom. The highest BCUT2D eigenvalue weighted by Gasteiger charge is 2.23. The van der Waals surface area contributed by atoms with Crippen LogP contribution < -0.4 is 0 Å². The summed E-state index contributed by atoms with van der Waals surface area (Å²) in [6.07, 6.45) is 2.86. The van der Waals surface area contributed by atoms with Gasteiger partial charge in [0.25, 0.3) is 5.69 Å². The second kappa shape index (κ2) is 7.40. The van der Waals surface area contributed by atoms with Crippen LogP contribution >= 0.6 is 0 Å². The summed E-state index contributed by atoms with van der Waals surface area (Å²) in [4.78, 5) is 22.1. The van der Waals surface area contributed by atoms with Crippen LogP contribution in [0.4, 0.5) is 5.69 Å². The Balaban J connectivity index is 1.44. The molecule has 2 aromatic heterocycles. The first-order valence-corrected chi connectivity index (χ1v) is 9.71. The monoisotopic (exact) mass is 392 g/mol. The van der Waals surface area contributed by atoms with E-state index in [4.69, 9.17) is 9.40 Å². The average molecular weight is 392 g/mol. The van der Waals surface area contributed by atoms with Gasteiger partial charge in [0.1, 0.15) is 17.3 Å². The van der Waals surface area contributed by atoms with Gasteiger partial charge >= 0.3 is 0 Å². The van der Waals surface area contributed by atoms with Crippen LogP contribution in [0, 0.1) is 10.1 Å². The van der Waals surface area contributed by atoms with Crippen LogP contribution in [-0.4, -0.2) is 26.3 Å². The summed E-state index contributed by atoms with van der Waals surface area (Å²) in [6.45, 7) is 8.80. The van der Waals surface area contributed by atoms with Gasteiger partial charge in [0.15, 0.2) is 0 Å². The fraction of sp³-hybridized carbons (Fsp3) is 0.364. The van der Waals surface area contributed by atoms with Crippen LogP contribution in [0.2, 0.25) is 0 Å². The van der Waals surface area contributed by atoms with E-state index in [1.165, 1.54) is 17.7 Å². The predicted octanol–water partition coefficient (Wildman–Crippen LogP) is 4.50. The highest BCUT2D eigenvalue weighted by atomic mass is 16.6. The zero-order valence-corrected chi connectivity index (χ0v) is 16.9. The van der Waals surface area contributed by atoms with E-state index in [1.807, 2.05) is 18.3 Å². The average Bonchev–Trinajstić information content (AvgIpc) is 3.15. The Morgan fingerprint density at radius 3 is 2.62 bits per heavy atom. The molecule has 0 amide bonds. The lowest BCUT2D eigenvalue weighted by Crippen LogP contribution is -2.31. The molecule has 1 aromatic carbocycles. The molecule has 29 heavy (non-hydrogen) atoms. The van der Waals surface area contributed by atoms with Crippen molar-refractivity contribution in [1.82, 2.24) is 14.9 Å². The van der Waals surface area contributed by atoms with Crippen molar-refractivity contribution in [1.29, 1.82) is 0 Å². The number of hydrogen-bond donors (Lipinski definition) is 0. The van der Waals surface area contributed by atoms with Crippen molar-refractivity contribution in [2.45, 2.75) is 45.7 Å². The number of rotatable bonds is 4. The van der Waals surface area contributed by atoms with E-state index in [0.29, 0.717) is 12.3 Å². The van der Waals surface area contributed by atoms with E-state index >= 15 is 0 Å². The van der Waals surface area contributed by atoms with Gasteiger partial charge in [-0.3, -0.25) is 15.0 Å². The molecule has 0 saturated heterocycles. The van der Waals surface area contributed by atoms with Crippen molar-refractivity contribution in [3.05, 3.63) is 75.6 Å². The van der Waals surface area contributed by atoms with Gasteiger partial charge in [-0.25, -0.2) is 9.97 Å². The molecule has 150 valence electrons. The van der Waals surface area contributed by atoms with Crippen LogP contribution in [0.15, 0.2) is 47.0 Å². The van der Waals surface area contributed by atoms with Crippen LogP contribution in [0.5, 0.6) is 0 Å². The molecule has 4 rings (SSSR count). The lowest BCUT2D eigenvalue weighted by Gasteiger charge is -2.28. The van der Waals surface area contributed by atoms with Crippen molar-refractivity contribution in [2.75, 3.05) is 6.54 Å². The number of benzene rings is 1. The number of nitro benzene ring substituents is 1. The zero-order valence-electron chi connectivity index (χ0n) is 16.9. The van der Waals surface area contributed by atoms with E-state index in [0.717, 1.165) is 42.4 Å². The number of fused-ring (bicyclic) bond motifs is 1. The quantitative estimate of drug-likeness (QED) is 0.480. The molecule has 3 heterocycles. The molecule has 0 fully saturated rings. The molecule has 0 bridgehead atoms. The van der Waals surface area contributed by atoms with Crippen molar-refractivity contribution in [3.63, 3.8) is 0 Å². The van der Waals surface area contributed by atoms with Crippen molar-refractivity contribution in [3.8, 4) is 11.3 Å². The van der Waals surface area contributed by atoms with Gasteiger partial charge in [-0.2, -0.15) is 0 Å². The van der Waals surface area contributed by atoms with Gasteiger partial charge in [-0.15, -0.1) is 0 Å². The SMILES string of the molecule is CC(C)(C)c1ncc2c(n1)CCN(Cc1ccc(-c3ccc([N+](=O)[O-])cc3)o1)C2. The standard InChI is InChI=1S/C22H24N4O3/c1-22(2,3)21-23-12-16-13-25(11-10-19(16)24-21)14-18-8-9-20(29-18)15-4-6-17(7-5-15)26(27)28/h4-9,12H,10-11,13-14H2,1-3H3. The van der Waals surface area contributed by atoms with E-state index in [9.17, 15) is 10.1 Å². The van der Waals surface area contributed by atoms with E-state index < -0.39 is 4.92 Å². The maximum absolute atomic E-state index is 10.8. The topological polar surface area (TPSA) is 85.3 Å². The van der Waals surface area contributed by atoms with Gasteiger partial charge < -0.3 is 4.42 Å². The molecular weight excluding hydrogens is 368 g/mol. The largest absolute Gasteiger partial charge is 0.460 e. The molecule has 0 radical (unpaired) electrons. The van der Waals surface area contributed by atoms with Gasteiger partial charge in [-0.05, 0) is 24.3 Å². The first-order chi connectivity index (χ1) is 13.8. The second-order valence-corrected chi connectivity index (χ2v) is 8.45. The fourth-order valence-electron chi connectivity index (χ4n) is 3.46. The number of furan rings is 1. The van der Waals surface area contributed by atoms with Crippen molar-refractivity contribution in [2.24, 2.45) is 0 Å². The number of aromatic nitrogens is 2. The van der Waals surface area contributed by atoms with Crippen LogP contribution in [0.25, 0.3) is 11.3 Å². The second-order valence-electron chi connectivity index (χ2n) is 8.45. The van der Waals surface area contributed by atoms with Crippen LogP contribution in [0.1, 0.15) is 43.6 Å². The minimum Gasteiger partial charge on any atom is -0.460 e. The predicted molar refractivity (Wildman–Crippen MR) is 109 cm³/mol. The third-order valence-corrected chi connectivity index (χ3v) is 5.09. The molecule has 0 atom stereocenters. The third kappa shape index (κ3) is 4.19. The van der Waals surface area contributed by atoms with E-state index in [2.05, 4.69) is 30.7 Å². The van der Waals surface area contributed by atoms with Crippen molar-refractivity contribution >= 4 is 5.69 Å². The lowest BCUT2D eigenvalue weighted by atomic mass is 9.95. The summed E-state index contributed by atoms with van der Waals surface area (Å²) in [5, 5.41) is 10.8. The zero-order chi connectivity index (χ0) is 20.6. The molecule has 0 saturated carbocycles. The number of nitro groups is 1. The molecule has 0 aliphatic carbocycles. The normalized spacial score (nSPS) is 14.6. The highest BCUT2D eigenvalue weighted by Crippen LogP contribution is 2.27. The summed E-state index contributed by atoms with van der Waals surface area (Å²) in [5.74, 6) is 2.47. The van der Waals surface area contributed by atoms with Gasteiger partial charge in [0.05, 0.1) is 11.5 Å². The molecule has 1 aliphatic heterocycles. The summed E-state index contributed by atoms with van der Waals surface area (Å²) >= 11 is 0. The van der Waals surface area contributed by atoms with Gasteiger partial charge in [0.2, 0.25) is 0 Å². The first-order valence-electron chi connectivity index (χ1n) is 9.71. The van der Waals surface area contributed by atoms with E-state index in [-0.39, 0.29) is 11.1 Å². The van der Waals surface area contributed by atoms with Gasteiger partial charge in [-0.1, -0.05) is 20.8 Å². The summed E-state index contributed by atoms with van der Waals surface area (Å²) in [5.41, 5.74) is 3.17. The number of nitrogens with zero attached hydrogens (tertiary/aromatic N) is 4. The Hall–Kier alpha value is -3.06. The Bertz CT molecular complexity index is 1030. The minimum atomic E-state index is -0.403. The molecular formula is C22H24N4O3. The van der Waals surface area contributed by atoms with Crippen LogP contribution in [-0.2, 0) is 24.9 Å². The minimum absolute atomic E-state index is 0.0470. The summed E-state index contributed by atoms with van der Waals surface area (Å²) in [6, 6.07) is 10.3. The molecule has 1 aliphatic rings. The smallest absolute Gasteiger partial charge is 0.269 e. The maximum atomic E-state index is 10.8. The molecule has 0 N–H and O–H groups in total. The fourth-order valence-corrected chi connectivity index (χ4v) is 3.46. The highest BCUT2D eigenvalue weighted by molar-refractivity contribution is 5.59. The number of hydrogen-bond acceptors (Lipinski definition) is 6. The van der Waals surface area contributed by atoms with Gasteiger partial charge in [0, 0.05) is 60.1 Å². The first kappa shape index (κ1) is 19.3. The Morgan fingerprint density at radius 1 is 1.17 bits per heavy atom. The third-order valence-electron chi connectivity index (χ3n) is 5.09. The van der Waals surface area contributed by atoms with Crippen LogP contribution in [0.3, 0.4) is 0 Å². The summed E-state index contributed by atoms with van der Waals surface area (Å²) in [7, 11) is 0. The molecule has 7 heteroatoms. The Kier molecular flexibility index (Phi) is 4.92. The number of non-ortho nitro benzene ring substituents is 1. The Labute approximate surface area is 169 Å². The molecule has 7 nitrogen and oxygen atoms in total. The molecule has 3 aromatic rings. The molecule has 0 spiro atoms.